The summed E-state index contributed by atoms with van der Waals surface area (Å²) >= 11 is 5.91. The van der Waals surface area contributed by atoms with Crippen molar-refractivity contribution in [1.29, 1.82) is 0 Å². The van der Waals surface area contributed by atoms with Gasteiger partial charge in [-0.05, 0) is 42.9 Å². The summed E-state index contributed by atoms with van der Waals surface area (Å²) in [5, 5.41) is 0.801. The normalized spacial score (nSPS) is 29.2. The number of nitrogens with two attached hydrogens (primary N) is 1. The van der Waals surface area contributed by atoms with Crippen LogP contribution in [0.2, 0.25) is 5.02 Å². The molecule has 1 saturated carbocycles. The third kappa shape index (κ3) is 3.02. The zero-order valence-electron chi connectivity index (χ0n) is 10.6. The lowest BCUT2D eigenvalue weighted by Gasteiger charge is -2.41. The summed E-state index contributed by atoms with van der Waals surface area (Å²) in [4.78, 5) is 0. The van der Waals surface area contributed by atoms with Crippen LogP contribution in [-0.2, 0) is 6.42 Å². The molecular weight excluding hydrogens is 230 g/mol. The van der Waals surface area contributed by atoms with Crippen molar-refractivity contribution in [1.82, 2.24) is 0 Å². The van der Waals surface area contributed by atoms with E-state index < -0.39 is 0 Å². The van der Waals surface area contributed by atoms with Crippen LogP contribution in [0, 0.1) is 5.92 Å². The summed E-state index contributed by atoms with van der Waals surface area (Å²) in [6, 6.07) is 8.14. The van der Waals surface area contributed by atoms with Gasteiger partial charge >= 0.3 is 0 Å². The molecule has 1 aliphatic carbocycles. The maximum Gasteiger partial charge on any atom is 0.0406 e. The van der Waals surface area contributed by atoms with E-state index in [9.17, 15) is 0 Å². The quantitative estimate of drug-likeness (QED) is 0.857. The number of benzene rings is 1. The van der Waals surface area contributed by atoms with Gasteiger partial charge < -0.3 is 5.73 Å². The molecule has 0 radical (unpaired) electrons. The first-order valence-corrected chi connectivity index (χ1v) is 7.05. The van der Waals surface area contributed by atoms with E-state index >= 15 is 0 Å². The lowest BCUT2D eigenvalue weighted by atomic mass is 9.69. The maximum absolute atomic E-state index is 6.65. The summed E-state index contributed by atoms with van der Waals surface area (Å²) in [7, 11) is 0. The molecule has 1 aromatic rings. The van der Waals surface area contributed by atoms with Gasteiger partial charge in [0.25, 0.3) is 0 Å². The molecular formula is C15H22ClN. The molecule has 94 valence electrons. The van der Waals surface area contributed by atoms with Gasteiger partial charge in [-0.1, -0.05) is 49.9 Å². The SMILES string of the molecule is CCC1CCCCC1(N)Cc1ccc(Cl)cc1. The molecule has 0 saturated heterocycles. The first-order chi connectivity index (χ1) is 8.14. The second-order valence-electron chi connectivity index (χ2n) is 5.39. The third-order valence-corrected chi connectivity index (χ3v) is 4.45. The van der Waals surface area contributed by atoms with Crippen molar-refractivity contribution in [2.75, 3.05) is 0 Å². The highest BCUT2D eigenvalue weighted by molar-refractivity contribution is 6.30. The van der Waals surface area contributed by atoms with E-state index in [1.54, 1.807) is 0 Å². The van der Waals surface area contributed by atoms with Gasteiger partial charge in [-0.3, -0.25) is 0 Å². The molecule has 1 nitrogen and oxygen atoms in total. The molecule has 0 amide bonds. The van der Waals surface area contributed by atoms with Crippen LogP contribution in [0.15, 0.2) is 24.3 Å². The molecule has 1 aromatic carbocycles. The third-order valence-electron chi connectivity index (χ3n) is 4.20. The fourth-order valence-electron chi connectivity index (χ4n) is 3.16. The standard InChI is InChI=1S/C15H22ClN/c1-2-13-5-3-4-10-15(13,17)11-12-6-8-14(16)9-7-12/h6-9,13H,2-5,10-11,17H2,1H3. The molecule has 17 heavy (non-hydrogen) atoms. The van der Waals surface area contributed by atoms with Crippen LogP contribution in [0.3, 0.4) is 0 Å². The molecule has 2 atom stereocenters. The van der Waals surface area contributed by atoms with E-state index in [1.807, 2.05) is 12.1 Å². The Balaban J connectivity index is 2.11. The van der Waals surface area contributed by atoms with Crippen molar-refractivity contribution < 1.29 is 0 Å². The number of hydrogen-bond acceptors (Lipinski definition) is 1. The van der Waals surface area contributed by atoms with Gasteiger partial charge in [0, 0.05) is 10.6 Å². The smallest absolute Gasteiger partial charge is 0.0406 e. The van der Waals surface area contributed by atoms with E-state index in [0.717, 1.165) is 17.9 Å². The summed E-state index contributed by atoms with van der Waals surface area (Å²) in [6.45, 7) is 2.26. The Bertz CT molecular complexity index is 360. The Labute approximate surface area is 109 Å². The van der Waals surface area contributed by atoms with Crippen LogP contribution < -0.4 is 5.73 Å². The van der Waals surface area contributed by atoms with Crippen LogP contribution >= 0.6 is 11.6 Å². The molecule has 2 rings (SSSR count). The van der Waals surface area contributed by atoms with Gasteiger partial charge in [-0.2, -0.15) is 0 Å². The van der Waals surface area contributed by atoms with E-state index in [2.05, 4.69) is 19.1 Å². The Hall–Kier alpha value is -0.530. The maximum atomic E-state index is 6.65. The number of hydrogen-bond donors (Lipinski definition) is 1. The van der Waals surface area contributed by atoms with E-state index in [-0.39, 0.29) is 5.54 Å². The first kappa shape index (κ1) is 12.9. The van der Waals surface area contributed by atoms with E-state index in [0.29, 0.717) is 5.92 Å². The number of halogens is 1. The second kappa shape index (κ2) is 5.41. The Kier molecular flexibility index (Phi) is 4.11. The molecule has 0 aromatic heterocycles. The van der Waals surface area contributed by atoms with Gasteiger partial charge in [0.2, 0.25) is 0 Å². The van der Waals surface area contributed by atoms with Crippen molar-refractivity contribution >= 4 is 11.6 Å². The number of rotatable bonds is 3. The van der Waals surface area contributed by atoms with Crippen molar-refractivity contribution in [3.05, 3.63) is 34.9 Å². The molecule has 1 fully saturated rings. The van der Waals surface area contributed by atoms with Crippen molar-refractivity contribution in [3.8, 4) is 0 Å². The van der Waals surface area contributed by atoms with Gasteiger partial charge in [-0.15, -0.1) is 0 Å². The summed E-state index contributed by atoms with van der Waals surface area (Å²) < 4.78 is 0. The summed E-state index contributed by atoms with van der Waals surface area (Å²) in [6.07, 6.45) is 7.26. The summed E-state index contributed by atoms with van der Waals surface area (Å²) in [5.41, 5.74) is 7.97. The van der Waals surface area contributed by atoms with Crippen LogP contribution in [0.5, 0.6) is 0 Å². The lowest BCUT2D eigenvalue weighted by Crippen LogP contribution is -2.50. The molecule has 1 aliphatic rings. The van der Waals surface area contributed by atoms with Crippen molar-refractivity contribution in [3.63, 3.8) is 0 Å². The Morgan fingerprint density at radius 2 is 2.00 bits per heavy atom. The van der Waals surface area contributed by atoms with Crippen molar-refractivity contribution in [2.45, 2.75) is 51.0 Å². The first-order valence-electron chi connectivity index (χ1n) is 6.67. The molecule has 2 heteroatoms. The van der Waals surface area contributed by atoms with Gasteiger partial charge in [0.1, 0.15) is 0 Å². The van der Waals surface area contributed by atoms with Crippen LogP contribution in [-0.4, -0.2) is 5.54 Å². The summed E-state index contributed by atoms with van der Waals surface area (Å²) in [5.74, 6) is 0.673. The Morgan fingerprint density at radius 1 is 1.29 bits per heavy atom. The zero-order chi connectivity index (χ0) is 12.3. The van der Waals surface area contributed by atoms with Crippen molar-refractivity contribution in [2.24, 2.45) is 11.7 Å². The fourth-order valence-corrected chi connectivity index (χ4v) is 3.29. The lowest BCUT2D eigenvalue weighted by molar-refractivity contribution is 0.182. The predicted molar refractivity (Wildman–Crippen MR) is 74.3 cm³/mol. The minimum Gasteiger partial charge on any atom is -0.325 e. The predicted octanol–water partition coefficient (Wildman–Crippen LogP) is 4.18. The minimum atomic E-state index is 0.000823. The minimum absolute atomic E-state index is 0.000823. The molecule has 0 aliphatic heterocycles. The van der Waals surface area contributed by atoms with Gasteiger partial charge in [-0.25, -0.2) is 0 Å². The fraction of sp³-hybridized carbons (Fsp3) is 0.600. The highest BCUT2D eigenvalue weighted by Crippen LogP contribution is 2.36. The average Bonchev–Trinajstić information content (AvgIpc) is 2.32. The Morgan fingerprint density at radius 3 is 2.65 bits per heavy atom. The molecule has 2 N–H and O–H groups in total. The highest BCUT2D eigenvalue weighted by Gasteiger charge is 2.35. The van der Waals surface area contributed by atoms with E-state index in [1.165, 1.54) is 31.2 Å². The molecule has 0 spiro atoms. The van der Waals surface area contributed by atoms with Crippen LogP contribution in [0.25, 0.3) is 0 Å². The zero-order valence-corrected chi connectivity index (χ0v) is 11.3. The van der Waals surface area contributed by atoms with E-state index in [4.69, 9.17) is 17.3 Å². The largest absolute Gasteiger partial charge is 0.325 e. The monoisotopic (exact) mass is 251 g/mol. The molecule has 2 unspecified atom stereocenters. The van der Waals surface area contributed by atoms with Crippen LogP contribution in [0.4, 0.5) is 0 Å². The molecule has 0 bridgehead atoms. The van der Waals surface area contributed by atoms with Gasteiger partial charge in [0.05, 0.1) is 0 Å². The van der Waals surface area contributed by atoms with Crippen LogP contribution in [0.1, 0.15) is 44.6 Å². The highest BCUT2D eigenvalue weighted by atomic mass is 35.5. The average molecular weight is 252 g/mol. The molecule has 0 heterocycles. The second-order valence-corrected chi connectivity index (χ2v) is 5.82. The van der Waals surface area contributed by atoms with Gasteiger partial charge in [0.15, 0.2) is 0 Å². The topological polar surface area (TPSA) is 26.0 Å².